The van der Waals surface area contributed by atoms with Crippen molar-refractivity contribution in [1.82, 2.24) is 0 Å². The van der Waals surface area contributed by atoms with E-state index in [0.717, 1.165) is 6.08 Å². The van der Waals surface area contributed by atoms with E-state index in [4.69, 9.17) is 0 Å². The number of carbonyl (C=O) groups is 3. The molecule has 0 bridgehead atoms. The third kappa shape index (κ3) is 3.45. The average Bonchev–Trinajstić information content (AvgIpc) is 1.87. The second-order valence-electron chi connectivity index (χ2n) is 2.30. The van der Waals surface area contributed by atoms with Gasteiger partial charge in [-0.3, -0.25) is 14.4 Å². The van der Waals surface area contributed by atoms with Crippen LogP contribution >= 0.6 is 0 Å². The molecule has 11 heavy (non-hydrogen) atoms. The summed E-state index contributed by atoms with van der Waals surface area (Å²) in [6, 6.07) is 0. The van der Waals surface area contributed by atoms with Crippen molar-refractivity contribution in [2.45, 2.75) is 20.8 Å². The number of rotatable bonds is 3. The molecule has 0 aliphatic heterocycles. The molecule has 0 atom stereocenters. The molecule has 0 heterocycles. The predicted octanol–water partition coefficient (Wildman–Crippen LogP) is 0.680. The third-order valence-electron chi connectivity index (χ3n) is 1.25. The van der Waals surface area contributed by atoms with Crippen molar-refractivity contribution in [1.29, 1.82) is 0 Å². The van der Waals surface area contributed by atoms with E-state index in [0.29, 0.717) is 5.57 Å². The Morgan fingerprint density at radius 2 is 1.36 bits per heavy atom. The molecule has 0 aromatic heterocycles. The summed E-state index contributed by atoms with van der Waals surface area (Å²) in [4.78, 5) is 31.6. The summed E-state index contributed by atoms with van der Waals surface area (Å²) in [7, 11) is 0. The zero-order chi connectivity index (χ0) is 9.02. The molecule has 0 aliphatic carbocycles. The number of ketones is 3. The highest BCUT2D eigenvalue weighted by Gasteiger charge is 2.05. The molecule has 0 saturated carbocycles. The number of carbonyl (C=O) groups excluding carboxylic acids is 3. The van der Waals surface area contributed by atoms with Crippen molar-refractivity contribution in [2.24, 2.45) is 0 Å². The molecule has 0 radical (unpaired) electrons. The average molecular weight is 154 g/mol. The zero-order valence-corrected chi connectivity index (χ0v) is 6.80. The lowest BCUT2D eigenvalue weighted by Crippen LogP contribution is -2.07. The minimum atomic E-state index is -0.627. The van der Waals surface area contributed by atoms with Crippen LogP contribution in [0, 0.1) is 0 Å². The highest BCUT2D eigenvalue weighted by Crippen LogP contribution is 1.94. The standard InChI is InChI=1S/C8H10O3/c1-5(6(2)9)4-8(11)7(3)10/h4H,1-3H3/b5-4+. The van der Waals surface area contributed by atoms with Crippen molar-refractivity contribution in [2.75, 3.05) is 0 Å². The Morgan fingerprint density at radius 1 is 0.909 bits per heavy atom. The van der Waals surface area contributed by atoms with E-state index in [9.17, 15) is 14.4 Å². The van der Waals surface area contributed by atoms with E-state index < -0.39 is 11.6 Å². The van der Waals surface area contributed by atoms with E-state index in [2.05, 4.69) is 0 Å². The van der Waals surface area contributed by atoms with Crippen LogP contribution in [0.4, 0.5) is 0 Å². The lowest BCUT2D eigenvalue weighted by atomic mass is 10.1. The zero-order valence-electron chi connectivity index (χ0n) is 6.80. The van der Waals surface area contributed by atoms with Gasteiger partial charge >= 0.3 is 0 Å². The van der Waals surface area contributed by atoms with E-state index in [1.807, 2.05) is 0 Å². The summed E-state index contributed by atoms with van der Waals surface area (Å²) >= 11 is 0. The minimum Gasteiger partial charge on any atom is -0.295 e. The van der Waals surface area contributed by atoms with Crippen molar-refractivity contribution in [3.8, 4) is 0 Å². The van der Waals surface area contributed by atoms with Crippen LogP contribution in [0.2, 0.25) is 0 Å². The second-order valence-corrected chi connectivity index (χ2v) is 2.30. The van der Waals surface area contributed by atoms with E-state index in [1.165, 1.54) is 20.8 Å². The topological polar surface area (TPSA) is 51.2 Å². The Labute approximate surface area is 65.1 Å². The largest absolute Gasteiger partial charge is 0.295 e. The predicted molar refractivity (Wildman–Crippen MR) is 40.1 cm³/mol. The molecular formula is C8H10O3. The normalized spacial score (nSPS) is 11.0. The van der Waals surface area contributed by atoms with Gasteiger partial charge in [0.2, 0.25) is 5.78 Å². The maximum absolute atomic E-state index is 10.7. The number of hydrogen-bond acceptors (Lipinski definition) is 3. The number of allylic oxidation sites excluding steroid dienone is 2. The van der Waals surface area contributed by atoms with Gasteiger partial charge in [-0.15, -0.1) is 0 Å². The maximum Gasteiger partial charge on any atom is 0.221 e. The highest BCUT2D eigenvalue weighted by atomic mass is 16.2. The fourth-order valence-electron chi connectivity index (χ4n) is 0.400. The maximum atomic E-state index is 10.7. The van der Waals surface area contributed by atoms with E-state index >= 15 is 0 Å². The van der Waals surface area contributed by atoms with Gasteiger partial charge in [0.1, 0.15) is 0 Å². The van der Waals surface area contributed by atoms with Gasteiger partial charge in [0.05, 0.1) is 0 Å². The Bertz CT molecular complexity index is 236. The number of Topliss-reactive ketones (excluding diaryl/α,β-unsaturated/α-hetero) is 2. The Kier molecular flexibility index (Phi) is 3.37. The van der Waals surface area contributed by atoms with Crippen LogP contribution in [0.25, 0.3) is 0 Å². The smallest absolute Gasteiger partial charge is 0.221 e. The summed E-state index contributed by atoms with van der Waals surface area (Å²) in [5.41, 5.74) is 0.310. The van der Waals surface area contributed by atoms with Gasteiger partial charge in [0, 0.05) is 6.92 Å². The van der Waals surface area contributed by atoms with Gasteiger partial charge in [-0.05, 0) is 25.5 Å². The van der Waals surface area contributed by atoms with E-state index in [1.54, 1.807) is 0 Å². The summed E-state index contributed by atoms with van der Waals surface area (Å²) < 4.78 is 0. The lowest BCUT2D eigenvalue weighted by molar-refractivity contribution is -0.132. The molecule has 0 spiro atoms. The van der Waals surface area contributed by atoms with E-state index in [-0.39, 0.29) is 5.78 Å². The monoisotopic (exact) mass is 154 g/mol. The first-order valence-electron chi connectivity index (χ1n) is 3.19. The lowest BCUT2D eigenvalue weighted by Gasteiger charge is -1.90. The Balaban J connectivity index is 4.44. The first-order chi connectivity index (χ1) is 4.95. The molecule has 0 aromatic rings. The van der Waals surface area contributed by atoms with Crippen LogP contribution in [-0.2, 0) is 14.4 Å². The first kappa shape index (κ1) is 9.75. The molecule has 0 aromatic carbocycles. The molecule has 0 fully saturated rings. The van der Waals surface area contributed by atoms with Gasteiger partial charge in [-0.25, -0.2) is 0 Å². The molecule has 0 N–H and O–H groups in total. The molecule has 0 amide bonds. The second kappa shape index (κ2) is 3.81. The van der Waals surface area contributed by atoms with Crippen LogP contribution in [0.15, 0.2) is 11.6 Å². The van der Waals surface area contributed by atoms with Crippen LogP contribution in [0.3, 0.4) is 0 Å². The van der Waals surface area contributed by atoms with Crippen LogP contribution in [0.1, 0.15) is 20.8 Å². The van der Waals surface area contributed by atoms with Crippen LogP contribution < -0.4 is 0 Å². The SMILES string of the molecule is CC(=O)C(=O)/C=C(\C)C(C)=O. The first-order valence-corrected chi connectivity index (χ1v) is 3.19. The highest BCUT2D eigenvalue weighted by molar-refractivity contribution is 6.41. The summed E-state index contributed by atoms with van der Waals surface area (Å²) in [6.45, 7) is 4.02. The summed E-state index contributed by atoms with van der Waals surface area (Å²) in [5.74, 6) is -1.37. The Morgan fingerprint density at radius 3 is 1.64 bits per heavy atom. The molecule has 60 valence electrons. The number of hydrogen-bond donors (Lipinski definition) is 0. The van der Waals surface area contributed by atoms with Crippen molar-refractivity contribution in [3.63, 3.8) is 0 Å². The van der Waals surface area contributed by atoms with Gasteiger partial charge in [-0.2, -0.15) is 0 Å². The molecule has 0 unspecified atom stereocenters. The van der Waals surface area contributed by atoms with Gasteiger partial charge < -0.3 is 0 Å². The van der Waals surface area contributed by atoms with Crippen molar-refractivity contribution in [3.05, 3.63) is 11.6 Å². The van der Waals surface area contributed by atoms with Crippen molar-refractivity contribution >= 4 is 17.3 Å². The van der Waals surface area contributed by atoms with Gasteiger partial charge in [0.15, 0.2) is 11.6 Å². The Hall–Kier alpha value is -1.25. The fourth-order valence-corrected chi connectivity index (χ4v) is 0.400. The van der Waals surface area contributed by atoms with Gasteiger partial charge in [-0.1, -0.05) is 0 Å². The quantitative estimate of drug-likeness (QED) is 0.443. The molecule has 0 saturated heterocycles. The molecule has 3 heteroatoms. The summed E-state index contributed by atoms with van der Waals surface area (Å²) in [6.07, 6.45) is 1.06. The third-order valence-corrected chi connectivity index (χ3v) is 1.25. The fraction of sp³-hybridized carbons (Fsp3) is 0.375. The molecule has 3 nitrogen and oxygen atoms in total. The molecule has 0 aliphatic rings. The summed E-state index contributed by atoms with van der Waals surface area (Å²) in [5, 5.41) is 0. The van der Waals surface area contributed by atoms with Crippen LogP contribution in [-0.4, -0.2) is 17.3 Å². The van der Waals surface area contributed by atoms with Crippen molar-refractivity contribution < 1.29 is 14.4 Å². The van der Waals surface area contributed by atoms with Gasteiger partial charge in [0.25, 0.3) is 0 Å². The van der Waals surface area contributed by atoms with Crippen LogP contribution in [0.5, 0.6) is 0 Å². The minimum absolute atomic E-state index is 0.195. The molecular weight excluding hydrogens is 144 g/mol. The molecule has 0 rings (SSSR count).